The quantitative estimate of drug-likeness (QED) is 0.442. The van der Waals surface area contributed by atoms with Crippen molar-refractivity contribution in [3.05, 3.63) is 50.7 Å². The molecule has 162 valence electrons. The molecule has 0 bridgehead atoms. The first-order valence-corrected chi connectivity index (χ1v) is 9.78. The molecule has 1 aromatic carbocycles. The van der Waals surface area contributed by atoms with E-state index in [1.165, 1.54) is 23.2 Å². The summed E-state index contributed by atoms with van der Waals surface area (Å²) < 4.78 is 9.49. The Kier molecular flexibility index (Phi) is 6.58. The molecule has 3 rings (SSSR count). The highest BCUT2D eigenvalue weighted by atomic mass is 16.5. The predicted molar refractivity (Wildman–Crippen MR) is 113 cm³/mol. The lowest BCUT2D eigenvalue weighted by molar-refractivity contribution is 0.0937. The number of hydrogen-bond acceptors (Lipinski definition) is 7. The van der Waals surface area contributed by atoms with Crippen LogP contribution in [0.5, 0.6) is 5.75 Å². The highest BCUT2D eigenvalue weighted by Crippen LogP contribution is 2.17. The number of ether oxygens (including phenoxy) is 1. The Balaban J connectivity index is 1.91. The Bertz CT molecular complexity index is 1150. The van der Waals surface area contributed by atoms with Gasteiger partial charge in [0.15, 0.2) is 11.2 Å². The van der Waals surface area contributed by atoms with E-state index in [9.17, 15) is 14.7 Å². The number of aliphatic hydroxyl groups is 2. The second-order valence-electron chi connectivity index (χ2n) is 7.04. The zero-order valence-electron chi connectivity index (χ0n) is 17.3. The van der Waals surface area contributed by atoms with Crippen molar-refractivity contribution in [1.29, 1.82) is 0 Å². The average molecular weight is 417 g/mol. The summed E-state index contributed by atoms with van der Waals surface area (Å²) in [7, 11) is 2.92. The minimum absolute atomic E-state index is 0.0123. The molecule has 10 nitrogen and oxygen atoms in total. The Morgan fingerprint density at radius 3 is 2.70 bits per heavy atom. The Morgan fingerprint density at radius 1 is 1.23 bits per heavy atom. The number of benzene rings is 1. The van der Waals surface area contributed by atoms with Crippen molar-refractivity contribution in [3.8, 4) is 5.75 Å². The van der Waals surface area contributed by atoms with E-state index < -0.39 is 17.4 Å². The maximum Gasteiger partial charge on any atom is 0.332 e. The van der Waals surface area contributed by atoms with Gasteiger partial charge >= 0.3 is 5.69 Å². The van der Waals surface area contributed by atoms with Gasteiger partial charge in [-0.3, -0.25) is 13.9 Å². The monoisotopic (exact) mass is 417 g/mol. The van der Waals surface area contributed by atoms with Gasteiger partial charge in [0, 0.05) is 20.6 Å². The van der Waals surface area contributed by atoms with Crippen LogP contribution >= 0.6 is 0 Å². The van der Waals surface area contributed by atoms with Crippen LogP contribution in [0.3, 0.4) is 0 Å². The van der Waals surface area contributed by atoms with E-state index in [-0.39, 0.29) is 43.4 Å². The van der Waals surface area contributed by atoms with Crippen molar-refractivity contribution in [3.63, 3.8) is 0 Å². The molecule has 3 N–H and O–H groups in total. The maximum absolute atomic E-state index is 12.7. The van der Waals surface area contributed by atoms with Crippen molar-refractivity contribution in [2.24, 2.45) is 14.1 Å². The van der Waals surface area contributed by atoms with E-state index in [2.05, 4.69) is 10.3 Å². The molecule has 0 radical (unpaired) electrons. The molecule has 3 aromatic rings. The normalized spacial score (nSPS) is 12.3. The summed E-state index contributed by atoms with van der Waals surface area (Å²) in [6, 6.07) is 7.63. The van der Waals surface area contributed by atoms with E-state index in [1.54, 1.807) is 0 Å². The van der Waals surface area contributed by atoms with Crippen molar-refractivity contribution in [1.82, 2.24) is 18.7 Å². The lowest BCUT2D eigenvalue weighted by Crippen LogP contribution is -2.38. The lowest BCUT2D eigenvalue weighted by Gasteiger charge is -2.16. The van der Waals surface area contributed by atoms with Gasteiger partial charge in [-0.15, -0.1) is 0 Å². The molecule has 0 amide bonds. The predicted octanol–water partition coefficient (Wildman–Crippen LogP) is -0.160. The third kappa shape index (κ3) is 4.24. The van der Waals surface area contributed by atoms with Gasteiger partial charge in [0.2, 0.25) is 5.95 Å². The standard InChI is InChI=1S/C20H27N5O5/c1-4-13-6-5-7-15(10-13)30-12-14(27)11-25-16-17(22-19(25)21-8-9-26)23(2)20(29)24(3)18(16)28/h5-7,10,14,26-27H,4,8-9,11-12H2,1-3H3,(H,21,22). The number of aliphatic hydroxyl groups excluding tert-OH is 2. The number of fused-ring (bicyclic) bond motifs is 1. The third-order valence-corrected chi connectivity index (χ3v) is 4.89. The fraction of sp³-hybridized carbons (Fsp3) is 0.450. The van der Waals surface area contributed by atoms with Gasteiger partial charge in [0.25, 0.3) is 5.56 Å². The van der Waals surface area contributed by atoms with Crippen LogP contribution in [0.15, 0.2) is 33.9 Å². The van der Waals surface area contributed by atoms with E-state index in [4.69, 9.17) is 9.84 Å². The lowest BCUT2D eigenvalue weighted by atomic mass is 10.2. The van der Waals surface area contributed by atoms with Crippen LogP contribution in [-0.4, -0.2) is 54.8 Å². The Morgan fingerprint density at radius 2 is 2.00 bits per heavy atom. The average Bonchev–Trinajstić information content (AvgIpc) is 3.11. The van der Waals surface area contributed by atoms with E-state index in [1.807, 2.05) is 31.2 Å². The van der Waals surface area contributed by atoms with Gasteiger partial charge in [-0.25, -0.2) is 4.79 Å². The zero-order chi connectivity index (χ0) is 21.8. The molecule has 0 fully saturated rings. The van der Waals surface area contributed by atoms with Crippen molar-refractivity contribution in [2.45, 2.75) is 26.0 Å². The number of rotatable bonds is 9. The fourth-order valence-electron chi connectivity index (χ4n) is 3.24. The minimum Gasteiger partial charge on any atom is -0.491 e. The van der Waals surface area contributed by atoms with Crippen molar-refractivity contribution in [2.75, 3.05) is 25.1 Å². The molecule has 2 heterocycles. The van der Waals surface area contributed by atoms with Crippen LogP contribution in [0.2, 0.25) is 0 Å². The molecule has 0 saturated carbocycles. The van der Waals surface area contributed by atoms with Gasteiger partial charge in [-0.05, 0) is 24.1 Å². The first-order chi connectivity index (χ1) is 14.4. The summed E-state index contributed by atoms with van der Waals surface area (Å²) >= 11 is 0. The number of nitrogens with one attached hydrogen (secondary N) is 1. The summed E-state index contributed by atoms with van der Waals surface area (Å²) in [5.74, 6) is 0.935. The zero-order valence-corrected chi connectivity index (χ0v) is 17.3. The molecule has 2 aromatic heterocycles. The highest BCUT2D eigenvalue weighted by Gasteiger charge is 2.21. The van der Waals surface area contributed by atoms with E-state index in [0.717, 1.165) is 16.6 Å². The topological polar surface area (TPSA) is 124 Å². The molecule has 1 unspecified atom stereocenters. The number of aromatic nitrogens is 4. The number of nitrogens with zero attached hydrogens (tertiary/aromatic N) is 4. The molecule has 0 spiro atoms. The summed E-state index contributed by atoms with van der Waals surface area (Å²) in [4.78, 5) is 29.3. The van der Waals surface area contributed by atoms with Crippen molar-refractivity contribution < 1.29 is 14.9 Å². The molecular weight excluding hydrogens is 390 g/mol. The molecule has 0 saturated heterocycles. The van der Waals surface area contributed by atoms with Crippen LogP contribution in [0, 0.1) is 0 Å². The third-order valence-electron chi connectivity index (χ3n) is 4.89. The molecule has 10 heteroatoms. The minimum atomic E-state index is -0.940. The number of imidazole rings is 1. The molecule has 0 aliphatic rings. The molecule has 1 atom stereocenters. The molecule has 30 heavy (non-hydrogen) atoms. The van der Waals surface area contributed by atoms with Crippen LogP contribution < -0.4 is 21.3 Å². The van der Waals surface area contributed by atoms with Crippen LogP contribution in [0.25, 0.3) is 11.2 Å². The second kappa shape index (κ2) is 9.14. The van der Waals surface area contributed by atoms with Crippen LogP contribution in [0.4, 0.5) is 5.95 Å². The van der Waals surface area contributed by atoms with Gasteiger partial charge in [-0.1, -0.05) is 19.1 Å². The largest absolute Gasteiger partial charge is 0.491 e. The second-order valence-corrected chi connectivity index (χ2v) is 7.04. The Labute approximate surface area is 173 Å². The molecule has 0 aliphatic carbocycles. The first-order valence-electron chi connectivity index (χ1n) is 9.78. The van der Waals surface area contributed by atoms with Gasteiger partial charge in [-0.2, -0.15) is 4.98 Å². The number of hydrogen-bond donors (Lipinski definition) is 3. The van der Waals surface area contributed by atoms with Gasteiger partial charge in [0.05, 0.1) is 13.2 Å². The van der Waals surface area contributed by atoms with E-state index in [0.29, 0.717) is 5.75 Å². The first kappa shape index (κ1) is 21.6. The Hall–Kier alpha value is -3.11. The van der Waals surface area contributed by atoms with Gasteiger partial charge < -0.3 is 24.8 Å². The summed E-state index contributed by atoms with van der Waals surface area (Å²) in [6.07, 6.45) is -0.0628. The smallest absolute Gasteiger partial charge is 0.332 e. The van der Waals surface area contributed by atoms with Crippen LogP contribution in [0.1, 0.15) is 12.5 Å². The molecule has 0 aliphatic heterocycles. The van der Waals surface area contributed by atoms with E-state index >= 15 is 0 Å². The van der Waals surface area contributed by atoms with Crippen LogP contribution in [-0.2, 0) is 27.1 Å². The SMILES string of the molecule is CCc1cccc(OCC(O)Cn2c(NCCO)nc3c2c(=O)n(C)c(=O)n3C)c1. The number of aryl methyl sites for hydroxylation is 2. The maximum atomic E-state index is 12.7. The van der Waals surface area contributed by atoms with Gasteiger partial charge in [0.1, 0.15) is 18.5 Å². The summed E-state index contributed by atoms with van der Waals surface area (Å²) in [6.45, 7) is 2.14. The summed E-state index contributed by atoms with van der Waals surface area (Å²) in [5, 5.41) is 22.6. The summed E-state index contributed by atoms with van der Waals surface area (Å²) in [5.41, 5.74) is 0.508. The fourth-order valence-corrected chi connectivity index (χ4v) is 3.24. The number of anilines is 1. The molecular formula is C20H27N5O5. The van der Waals surface area contributed by atoms with Crippen molar-refractivity contribution >= 4 is 17.1 Å². The highest BCUT2D eigenvalue weighted by molar-refractivity contribution is 5.74.